The lowest BCUT2D eigenvalue weighted by atomic mass is 10.1. The van der Waals surface area contributed by atoms with Gasteiger partial charge < -0.3 is 10.1 Å². The molecule has 0 spiro atoms. The van der Waals surface area contributed by atoms with Gasteiger partial charge >= 0.3 is 12.0 Å². The van der Waals surface area contributed by atoms with Gasteiger partial charge in [0.15, 0.2) is 4.34 Å². The second-order valence-electron chi connectivity index (χ2n) is 4.99. The number of thioether (sulfide) groups is 1. The zero-order valence-corrected chi connectivity index (χ0v) is 13.6. The van der Waals surface area contributed by atoms with Crippen molar-refractivity contribution in [2.75, 3.05) is 12.4 Å². The number of esters is 1. The molecule has 0 unspecified atom stereocenters. The molecule has 1 atom stereocenters. The third-order valence-corrected chi connectivity index (χ3v) is 3.93. The van der Waals surface area contributed by atoms with Gasteiger partial charge in [0.05, 0.1) is 7.11 Å². The van der Waals surface area contributed by atoms with Gasteiger partial charge in [-0.1, -0.05) is 23.1 Å². The van der Waals surface area contributed by atoms with Crippen LogP contribution in [0.3, 0.4) is 0 Å². The molecule has 1 rings (SSSR count). The van der Waals surface area contributed by atoms with E-state index < -0.39 is 0 Å². The van der Waals surface area contributed by atoms with Crippen molar-refractivity contribution in [3.8, 4) is 0 Å². The fourth-order valence-electron chi connectivity index (χ4n) is 1.14. The summed E-state index contributed by atoms with van der Waals surface area (Å²) >= 11 is 2.44. The smallest absolute Gasteiger partial charge is 0.321 e. The molecule has 0 fully saturated rings. The highest BCUT2D eigenvalue weighted by Gasteiger charge is 2.19. The summed E-state index contributed by atoms with van der Waals surface area (Å²) in [7, 11) is 1.34. The minimum atomic E-state index is -0.371. The molecule has 0 saturated carbocycles. The number of carbonyl (C=O) groups is 2. The summed E-state index contributed by atoms with van der Waals surface area (Å²) in [6, 6.07) is -0.341. The molecule has 2 amide bonds. The summed E-state index contributed by atoms with van der Waals surface area (Å²) in [5, 5.41) is 13.1. The molecule has 1 aromatic rings. The molecule has 0 radical (unpaired) electrons. The van der Waals surface area contributed by atoms with Gasteiger partial charge in [-0.15, -0.1) is 10.2 Å². The van der Waals surface area contributed by atoms with Gasteiger partial charge in [0.1, 0.15) is 5.25 Å². The van der Waals surface area contributed by atoms with Crippen LogP contribution in [0.25, 0.3) is 0 Å². The molecule has 0 bridgehead atoms. The van der Waals surface area contributed by atoms with E-state index in [1.54, 1.807) is 6.92 Å². The maximum Gasteiger partial charge on any atom is 0.321 e. The predicted octanol–water partition coefficient (Wildman–Crippen LogP) is 2.11. The first kappa shape index (κ1) is 16.7. The fraction of sp³-hybridized carbons (Fsp3) is 0.636. The Labute approximate surface area is 125 Å². The minimum absolute atomic E-state index is 0.328. The van der Waals surface area contributed by atoms with Crippen molar-refractivity contribution in [3.05, 3.63) is 0 Å². The van der Waals surface area contributed by atoms with E-state index in [4.69, 9.17) is 0 Å². The van der Waals surface area contributed by atoms with Crippen molar-refractivity contribution in [2.45, 2.75) is 42.8 Å². The van der Waals surface area contributed by atoms with E-state index in [9.17, 15) is 9.59 Å². The summed E-state index contributed by atoms with van der Waals surface area (Å²) in [6.45, 7) is 7.36. The van der Waals surface area contributed by atoms with Gasteiger partial charge in [0, 0.05) is 5.54 Å². The van der Waals surface area contributed by atoms with Crippen LogP contribution in [0.4, 0.5) is 9.93 Å². The normalized spacial score (nSPS) is 12.7. The zero-order valence-electron chi connectivity index (χ0n) is 12.0. The van der Waals surface area contributed by atoms with E-state index in [1.807, 2.05) is 20.8 Å². The highest BCUT2D eigenvalue weighted by atomic mass is 32.2. The molecule has 1 heterocycles. The van der Waals surface area contributed by atoms with Crippen molar-refractivity contribution in [1.82, 2.24) is 15.5 Å². The van der Waals surface area contributed by atoms with Crippen molar-refractivity contribution in [2.24, 2.45) is 0 Å². The van der Waals surface area contributed by atoms with Crippen LogP contribution in [0.15, 0.2) is 4.34 Å². The maximum atomic E-state index is 11.6. The minimum Gasteiger partial charge on any atom is -0.468 e. The Hall–Kier alpha value is -1.35. The predicted molar refractivity (Wildman–Crippen MR) is 79.2 cm³/mol. The number of ether oxygens (including phenoxy) is 1. The van der Waals surface area contributed by atoms with Crippen LogP contribution >= 0.6 is 23.1 Å². The van der Waals surface area contributed by atoms with E-state index in [0.29, 0.717) is 9.47 Å². The Morgan fingerprint density at radius 1 is 1.35 bits per heavy atom. The summed E-state index contributed by atoms with van der Waals surface area (Å²) in [6.07, 6.45) is 0. The maximum absolute atomic E-state index is 11.6. The Balaban J connectivity index is 2.55. The number of nitrogens with zero attached hydrogens (tertiary/aromatic N) is 2. The summed E-state index contributed by atoms with van der Waals surface area (Å²) in [5.41, 5.74) is -0.328. The van der Waals surface area contributed by atoms with Gasteiger partial charge in [-0.25, -0.2) is 4.79 Å². The topological polar surface area (TPSA) is 93.2 Å². The first-order valence-electron chi connectivity index (χ1n) is 5.88. The molecule has 0 aromatic carbocycles. The SMILES string of the molecule is COC(=O)[C@@H](C)Sc1nnc(NC(=O)NC(C)(C)C)s1. The summed E-state index contributed by atoms with van der Waals surface area (Å²) < 4.78 is 5.22. The molecular formula is C11H18N4O3S2. The van der Waals surface area contributed by atoms with Gasteiger partial charge in [-0.2, -0.15) is 0 Å². The molecule has 9 heteroatoms. The van der Waals surface area contributed by atoms with Crippen LogP contribution < -0.4 is 10.6 Å². The molecular weight excluding hydrogens is 300 g/mol. The molecule has 112 valence electrons. The standard InChI is InChI=1S/C11H18N4O3S2/c1-6(7(16)18-5)19-10-15-14-9(20-10)12-8(17)13-11(2,3)4/h6H,1-5H3,(H2,12,13,14,17)/t6-/m1/s1. The van der Waals surface area contributed by atoms with Gasteiger partial charge in [0.25, 0.3) is 0 Å². The molecule has 0 aliphatic rings. The van der Waals surface area contributed by atoms with Crippen LogP contribution in [-0.2, 0) is 9.53 Å². The number of hydrogen-bond acceptors (Lipinski definition) is 7. The lowest BCUT2D eigenvalue weighted by Crippen LogP contribution is -2.43. The van der Waals surface area contributed by atoms with Crippen molar-refractivity contribution >= 4 is 40.2 Å². The first-order chi connectivity index (χ1) is 9.21. The number of urea groups is 1. The Morgan fingerprint density at radius 2 is 2.00 bits per heavy atom. The van der Waals surface area contributed by atoms with Crippen LogP contribution in [0.2, 0.25) is 0 Å². The highest BCUT2D eigenvalue weighted by molar-refractivity contribution is 8.02. The quantitative estimate of drug-likeness (QED) is 0.502. The number of hydrogen-bond donors (Lipinski definition) is 2. The second kappa shape index (κ2) is 6.89. The molecule has 20 heavy (non-hydrogen) atoms. The van der Waals surface area contributed by atoms with Crippen LogP contribution in [0.1, 0.15) is 27.7 Å². The molecule has 1 aromatic heterocycles. The van der Waals surface area contributed by atoms with Crippen LogP contribution in [0, 0.1) is 0 Å². The summed E-state index contributed by atoms with van der Waals surface area (Å²) in [4.78, 5) is 22.9. The number of anilines is 1. The van der Waals surface area contributed by atoms with E-state index in [0.717, 1.165) is 0 Å². The van der Waals surface area contributed by atoms with E-state index in [1.165, 1.54) is 30.2 Å². The van der Waals surface area contributed by atoms with Gasteiger partial charge in [0.2, 0.25) is 5.13 Å². The Morgan fingerprint density at radius 3 is 2.55 bits per heavy atom. The highest BCUT2D eigenvalue weighted by Crippen LogP contribution is 2.29. The largest absolute Gasteiger partial charge is 0.468 e. The third kappa shape index (κ3) is 5.74. The van der Waals surface area contributed by atoms with Crippen molar-refractivity contribution < 1.29 is 14.3 Å². The summed E-state index contributed by atoms with van der Waals surface area (Å²) in [5.74, 6) is -0.329. The zero-order chi connectivity index (χ0) is 15.3. The number of methoxy groups -OCH3 is 1. The fourth-order valence-corrected chi connectivity index (χ4v) is 3.06. The number of aromatic nitrogens is 2. The van der Waals surface area contributed by atoms with Crippen molar-refractivity contribution in [1.29, 1.82) is 0 Å². The molecule has 0 aliphatic heterocycles. The Bertz CT molecular complexity index is 484. The lowest BCUT2D eigenvalue weighted by molar-refractivity contribution is -0.139. The molecule has 7 nitrogen and oxygen atoms in total. The molecule has 0 aliphatic carbocycles. The second-order valence-corrected chi connectivity index (χ2v) is 7.55. The van der Waals surface area contributed by atoms with E-state index in [-0.39, 0.29) is 22.8 Å². The van der Waals surface area contributed by atoms with Gasteiger partial charge in [-0.3, -0.25) is 10.1 Å². The average molecular weight is 318 g/mol. The molecule has 0 saturated heterocycles. The number of nitrogens with one attached hydrogen (secondary N) is 2. The first-order valence-corrected chi connectivity index (χ1v) is 7.58. The number of carbonyl (C=O) groups excluding carboxylic acids is 2. The molecule has 2 N–H and O–H groups in total. The number of amides is 2. The average Bonchev–Trinajstić information content (AvgIpc) is 2.72. The third-order valence-electron chi connectivity index (χ3n) is 1.93. The van der Waals surface area contributed by atoms with Crippen LogP contribution in [-0.4, -0.2) is 40.1 Å². The Kier molecular flexibility index (Phi) is 5.75. The lowest BCUT2D eigenvalue weighted by Gasteiger charge is -2.19. The monoisotopic (exact) mass is 318 g/mol. The van der Waals surface area contributed by atoms with E-state index >= 15 is 0 Å². The van der Waals surface area contributed by atoms with E-state index in [2.05, 4.69) is 25.6 Å². The van der Waals surface area contributed by atoms with Crippen LogP contribution in [0.5, 0.6) is 0 Å². The number of rotatable bonds is 4. The van der Waals surface area contributed by atoms with Crippen molar-refractivity contribution in [3.63, 3.8) is 0 Å². The van der Waals surface area contributed by atoms with Gasteiger partial charge in [-0.05, 0) is 27.7 Å².